The van der Waals surface area contributed by atoms with E-state index in [1.54, 1.807) is 0 Å². The van der Waals surface area contributed by atoms with E-state index in [0.29, 0.717) is 0 Å². The molecular formula is C19H30O2. The van der Waals surface area contributed by atoms with Crippen molar-refractivity contribution < 1.29 is 9.53 Å². The van der Waals surface area contributed by atoms with Gasteiger partial charge in [0.25, 0.3) is 0 Å². The van der Waals surface area contributed by atoms with Gasteiger partial charge >= 0.3 is 5.97 Å². The monoisotopic (exact) mass is 290 g/mol. The van der Waals surface area contributed by atoms with Crippen LogP contribution in [0.2, 0.25) is 0 Å². The molecule has 1 rings (SSSR count). The summed E-state index contributed by atoms with van der Waals surface area (Å²) >= 11 is 0. The van der Waals surface area contributed by atoms with Gasteiger partial charge in [0.05, 0.1) is 5.41 Å². The van der Waals surface area contributed by atoms with Crippen molar-refractivity contribution in [3.8, 4) is 0 Å². The minimum absolute atomic E-state index is 0.0665. The van der Waals surface area contributed by atoms with Crippen LogP contribution < -0.4 is 0 Å². The molecule has 0 heterocycles. The largest absolute Gasteiger partial charge is 0.460 e. The third-order valence-corrected chi connectivity index (χ3v) is 4.06. The molecule has 0 aliphatic heterocycles. The van der Waals surface area contributed by atoms with Gasteiger partial charge in [-0.15, -0.1) is 0 Å². The van der Waals surface area contributed by atoms with Crippen molar-refractivity contribution in [2.75, 3.05) is 0 Å². The van der Waals surface area contributed by atoms with E-state index in [4.69, 9.17) is 4.74 Å². The number of ether oxygens (including phenoxy) is 1. The topological polar surface area (TPSA) is 26.3 Å². The molecule has 0 aliphatic rings. The Labute approximate surface area is 129 Å². The molecule has 0 bridgehead atoms. The fourth-order valence-electron chi connectivity index (χ4n) is 2.71. The van der Waals surface area contributed by atoms with Crippen LogP contribution in [-0.4, -0.2) is 11.6 Å². The van der Waals surface area contributed by atoms with Crippen molar-refractivity contribution in [1.29, 1.82) is 0 Å². The van der Waals surface area contributed by atoms with E-state index < -0.39 is 11.0 Å². The summed E-state index contributed by atoms with van der Waals surface area (Å²) in [6, 6.07) is 10.4. The summed E-state index contributed by atoms with van der Waals surface area (Å²) in [5.74, 6) is -0.0958. The Bertz CT molecular complexity index is 468. The standard InChI is InChI=1S/C19H30O2/c1-8-19(7,16(20)21-17(2,3)4)14-18(5,6)15-12-10-9-11-13-15/h9-13H,8,14H2,1-7H3. The van der Waals surface area contributed by atoms with Gasteiger partial charge in [-0.25, -0.2) is 0 Å². The Kier molecular flexibility index (Phi) is 5.25. The highest BCUT2D eigenvalue weighted by atomic mass is 16.6. The van der Waals surface area contributed by atoms with Gasteiger partial charge in [0.15, 0.2) is 0 Å². The van der Waals surface area contributed by atoms with E-state index in [0.717, 1.165) is 12.8 Å². The quantitative estimate of drug-likeness (QED) is 0.704. The average molecular weight is 290 g/mol. The maximum absolute atomic E-state index is 12.6. The first-order valence-corrected chi connectivity index (χ1v) is 7.79. The minimum Gasteiger partial charge on any atom is -0.460 e. The van der Waals surface area contributed by atoms with Gasteiger partial charge in [0.1, 0.15) is 5.60 Å². The zero-order valence-corrected chi connectivity index (χ0v) is 14.6. The fourth-order valence-corrected chi connectivity index (χ4v) is 2.71. The highest BCUT2D eigenvalue weighted by Crippen LogP contribution is 2.40. The molecule has 0 saturated heterocycles. The molecule has 0 spiro atoms. The van der Waals surface area contributed by atoms with E-state index >= 15 is 0 Å². The van der Waals surface area contributed by atoms with Gasteiger partial charge in [-0.1, -0.05) is 51.1 Å². The number of esters is 1. The van der Waals surface area contributed by atoms with Crippen molar-refractivity contribution in [3.63, 3.8) is 0 Å². The minimum atomic E-state index is -0.466. The summed E-state index contributed by atoms with van der Waals surface area (Å²) in [6.45, 7) is 14.2. The SMILES string of the molecule is CCC(C)(CC(C)(C)c1ccccc1)C(=O)OC(C)(C)C. The summed E-state index contributed by atoms with van der Waals surface area (Å²) < 4.78 is 5.64. The Morgan fingerprint density at radius 1 is 1.00 bits per heavy atom. The molecule has 1 aromatic carbocycles. The summed E-state index contributed by atoms with van der Waals surface area (Å²) in [5.41, 5.74) is 0.285. The van der Waals surface area contributed by atoms with Crippen LogP contribution >= 0.6 is 0 Å². The lowest BCUT2D eigenvalue weighted by Gasteiger charge is -2.37. The van der Waals surface area contributed by atoms with Crippen molar-refractivity contribution in [1.82, 2.24) is 0 Å². The average Bonchev–Trinajstić information content (AvgIpc) is 2.37. The normalized spacial score (nSPS) is 15.4. The van der Waals surface area contributed by atoms with Crippen molar-refractivity contribution in [2.45, 2.75) is 72.3 Å². The first-order chi connectivity index (χ1) is 9.50. The lowest BCUT2D eigenvalue weighted by atomic mass is 9.69. The van der Waals surface area contributed by atoms with E-state index in [-0.39, 0.29) is 11.4 Å². The number of carbonyl (C=O) groups is 1. The van der Waals surface area contributed by atoms with E-state index in [1.165, 1.54) is 5.56 Å². The highest BCUT2D eigenvalue weighted by Gasteiger charge is 2.40. The van der Waals surface area contributed by atoms with Gasteiger partial charge in [-0.3, -0.25) is 4.79 Å². The summed E-state index contributed by atoms with van der Waals surface area (Å²) in [4.78, 5) is 12.6. The van der Waals surface area contributed by atoms with E-state index in [9.17, 15) is 4.79 Å². The molecule has 1 unspecified atom stereocenters. The number of benzene rings is 1. The molecule has 0 radical (unpaired) electrons. The van der Waals surface area contributed by atoms with Crippen LogP contribution in [0.3, 0.4) is 0 Å². The van der Waals surface area contributed by atoms with Gasteiger partial charge in [-0.2, -0.15) is 0 Å². The van der Waals surface area contributed by atoms with Crippen LogP contribution in [0.15, 0.2) is 30.3 Å². The van der Waals surface area contributed by atoms with Crippen LogP contribution in [0.1, 0.15) is 66.9 Å². The predicted octanol–water partition coefficient (Wildman–Crippen LogP) is 5.11. The second-order valence-electron chi connectivity index (χ2n) is 7.84. The summed E-state index contributed by atoms with van der Waals surface area (Å²) in [6.07, 6.45) is 1.55. The number of hydrogen-bond donors (Lipinski definition) is 0. The Balaban J connectivity index is 2.97. The molecule has 0 N–H and O–H groups in total. The Hall–Kier alpha value is -1.31. The molecule has 1 aromatic rings. The lowest BCUT2D eigenvalue weighted by Crippen LogP contribution is -2.39. The van der Waals surface area contributed by atoms with Crippen molar-refractivity contribution >= 4 is 5.97 Å². The second kappa shape index (κ2) is 6.21. The number of hydrogen-bond acceptors (Lipinski definition) is 2. The van der Waals surface area contributed by atoms with E-state index in [1.807, 2.05) is 45.9 Å². The lowest BCUT2D eigenvalue weighted by molar-refractivity contribution is -0.168. The smallest absolute Gasteiger partial charge is 0.312 e. The van der Waals surface area contributed by atoms with Gasteiger partial charge in [-0.05, 0) is 51.5 Å². The first kappa shape index (κ1) is 17.7. The predicted molar refractivity (Wildman–Crippen MR) is 88.3 cm³/mol. The molecule has 2 heteroatoms. The third-order valence-electron chi connectivity index (χ3n) is 4.06. The van der Waals surface area contributed by atoms with Gasteiger partial charge in [0, 0.05) is 0 Å². The van der Waals surface area contributed by atoms with Crippen LogP contribution in [0.4, 0.5) is 0 Å². The van der Waals surface area contributed by atoms with Crippen molar-refractivity contribution in [3.05, 3.63) is 35.9 Å². The molecule has 0 fully saturated rings. The first-order valence-electron chi connectivity index (χ1n) is 7.79. The molecule has 118 valence electrons. The Morgan fingerprint density at radius 3 is 1.95 bits per heavy atom. The van der Waals surface area contributed by atoms with Gasteiger partial charge in [0.2, 0.25) is 0 Å². The fraction of sp³-hybridized carbons (Fsp3) is 0.632. The van der Waals surface area contributed by atoms with Gasteiger partial charge < -0.3 is 4.74 Å². The molecule has 0 amide bonds. The number of rotatable bonds is 5. The molecule has 0 aliphatic carbocycles. The second-order valence-corrected chi connectivity index (χ2v) is 7.84. The van der Waals surface area contributed by atoms with Crippen molar-refractivity contribution in [2.24, 2.45) is 5.41 Å². The summed E-state index contributed by atoms with van der Waals surface area (Å²) in [5, 5.41) is 0. The number of carbonyl (C=O) groups excluding carboxylic acids is 1. The van der Waals surface area contributed by atoms with Crippen LogP contribution in [0.5, 0.6) is 0 Å². The Morgan fingerprint density at radius 2 is 1.52 bits per heavy atom. The highest BCUT2D eigenvalue weighted by molar-refractivity contribution is 5.77. The molecule has 2 nitrogen and oxygen atoms in total. The molecule has 0 aromatic heterocycles. The molecule has 21 heavy (non-hydrogen) atoms. The maximum atomic E-state index is 12.6. The molecule has 0 saturated carbocycles. The van der Waals surface area contributed by atoms with E-state index in [2.05, 4.69) is 32.9 Å². The molecule has 1 atom stereocenters. The molecular weight excluding hydrogens is 260 g/mol. The van der Waals surface area contributed by atoms with Crippen LogP contribution in [0.25, 0.3) is 0 Å². The van der Waals surface area contributed by atoms with Crippen LogP contribution in [-0.2, 0) is 14.9 Å². The summed E-state index contributed by atoms with van der Waals surface area (Å²) in [7, 11) is 0. The zero-order chi connectivity index (χ0) is 16.3. The third kappa shape index (κ3) is 4.87. The zero-order valence-electron chi connectivity index (χ0n) is 14.6. The maximum Gasteiger partial charge on any atom is 0.312 e. The van der Waals surface area contributed by atoms with Crippen LogP contribution in [0, 0.1) is 5.41 Å².